The fourth-order valence-electron chi connectivity index (χ4n) is 3.48. The second kappa shape index (κ2) is 10.7. The number of benzene rings is 2. The van der Waals surface area contributed by atoms with Gasteiger partial charge >= 0.3 is 0 Å². The summed E-state index contributed by atoms with van der Waals surface area (Å²) in [6.45, 7) is 10.5. The Labute approximate surface area is 195 Å². The molecule has 0 N–H and O–H groups in total. The number of ether oxygens (including phenoxy) is 1. The molecule has 2 aromatic carbocycles. The molecule has 0 aliphatic carbocycles. The second-order valence-electron chi connectivity index (χ2n) is 8.33. The van der Waals surface area contributed by atoms with Crippen LogP contribution in [0.5, 0.6) is 5.75 Å². The summed E-state index contributed by atoms with van der Waals surface area (Å²) in [5, 5.41) is 9.54. The number of nitrogens with zero attached hydrogens (tertiary/aromatic N) is 4. The predicted molar refractivity (Wildman–Crippen MR) is 131 cm³/mol. The van der Waals surface area contributed by atoms with E-state index in [-0.39, 0.29) is 23.8 Å². The molecular formula is C25H32N4O2S. The number of anilines is 1. The Hall–Kier alpha value is -2.80. The number of aromatic nitrogens is 3. The van der Waals surface area contributed by atoms with E-state index in [4.69, 9.17) is 4.74 Å². The van der Waals surface area contributed by atoms with Gasteiger partial charge in [0.15, 0.2) is 17.1 Å². The number of thioether (sulfide) groups is 1. The molecule has 0 bridgehead atoms. The summed E-state index contributed by atoms with van der Waals surface area (Å²) in [5.74, 6) is 2.27. The van der Waals surface area contributed by atoms with Crippen molar-refractivity contribution in [1.82, 2.24) is 14.8 Å². The highest BCUT2D eigenvalue weighted by atomic mass is 32.2. The first kappa shape index (κ1) is 23.9. The Morgan fingerprint density at radius 3 is 2.31 bits per heavy atom. The number of para-hydroxylation sites is 2. The van der Waals surface area contributed by atoms with E-state index in [2.05, 4.69) is 48.5 Å². The van der Waals surface area contributed by atoms with Crippen molar-refractivity contribution in [1.29, 1.82) is 0 Å². The van der Waals surface area contributed by atoms with Crippen LogP contribution >= 0.6 is 11.8 Å². The molecule has 0 aliphatic heterocycles. The highest BCUT2D eigenvalue weighted by Gasteiger charge is 2.23. The highest BCUT2D eigenvalue weighted by molar-refractivity contribution is 7.99. The van der Waals surface area contributed by atoms with Gasteiger partial charge in [0.05, 0.1) is 5.75 Å². The highest BCUT2D eigenvalue weighted by Crippen LogP contribution is 2.32. The minimum atomic E-state index is -0.276. The van der Waals surface area contributed by atoms with Crippen molar-refractivity contribution >= 4 is 23.4 Å². The second-order valence-corrected chi connectivity index (χ2v) is 9.28. The maximum absolute atomic E-state index is 12.7. The first-order chi connectivity index (χ1) is 15.3. The molecule has 7 heteroatoms. The van der Waals surface area contributed by atoms with Crippen LogP contribution in [0.3, 0.4) is 0 Å². The number of carbonyl (C=O) groups excluding carboxylic acids is 1. The topological polar surface area (TPSA) is 60.3 Å². The number of amides is 1. The van der Waals surface area contributed by atoms with Crippen LogP contribution in [0, 0.1) is 0 Å². The standard InChI is InChI=1S/C25H32N4O2S/c1-17(2)21-14-10-11-15-22(21)31-19(5)24-26-27-25(29(24)18(3)4)32-16-23(30)28(6)20-12-8-7-9-13-20/h7-15,17-19H,16H2,1-6H3. The lowest BCUT2D eigenvalue weighted by Gasteiger charge is -2.21. The van der Waals surface area contributed by atoms with Crippen molar-refractivity contribution < 1.29 is 9.53 Å². The van der Waals surface area contributed by atoms with E-state index < -0.39 is 0 Å². The molecule has 0 aliphatic rings. The van der Waals surface area contributed by atoms with Gasteiger partial charge in [-0.15, -0.1) is 10.2 Å². The van der Waals surface area contributed by atoms with Crippen LogP contribution in [-0.2, 0) is 4.79 Å². The van der Waals surface area contributed by atoms with Gasteiger partial charge in [-0.3, -0.25) is 4.79 Å². The molecule has 6 nitrogen and oxygen atoms in total. The number of rotatable bonds is 9. The summed E-state index contributed by atoms with van der Waals surface area (Å²) >= 11 is 1.40. The molecule has 3 aromatic rings. The zero-order valence-corrected chi connectivity index (χ0v) is 20.5. The molecule has 1 atom stereocenters. The van der Waals surface area contributed by atoms with Gasteiger partial charge in [-0.1, -0.05) is 62.0 Å². The number of hydrogen-bond acceptors (Lipinski definition) is 5. The third kappa shape index (κ3) is 5.51. The van der Waals surface area contributed by atoms with E-state index in [1.807, 2.05) is 55.5 Å². The fourth-order valence-corrected chi connectivity index (χ4v) is 4.46. The summed E-state index contributed by atoms with van der Waals surface area (Å²) in [4.78, 5) is 14.4. The predicted octanol–water partition coefficient (Wildman–Crippen LogP) is 5.88. The quantitative estimate of drug-likeness (QED) is 0.380. The van der Waals surface area contributed by atoms with Gasteiger partial charge in [-0.25, -0.2) is 0 Å². The molecule has 1 heterocycles. The van der Waals surface area contributed by atoms with Crippen molar-refractivity contribution in [3.63, 3.8) is 0 Å². The smallest absolute Gasteiger partial charge is 0.237 e. The zero-order chi connectivity index (χ0) is 23.3. The normalized spacial score (nSPS) is 12.2. The minimum Gasteiger partial charge on any atom is -0.482 e. The van der Waals surface area contributed by atoms with Gasteiger partial charge in [0.2, 0.25) is 5.91 Å². The molecule has 0 saturated heterocycles. The Balaban J connectivity index is 1.75. The molecule has 1 aromatic heterocycles. The molecular weight excluding hydrogens is 420 g/mol. The van der Waals surface area contributed by atoms with Gasteiger partial charge in [0.1, 0.15) is 5.75 Å². The van der Waals surface area contributed by atoms with Crippen LogP contribution in [0.4, 0.5) is 5.69 Å². The third-order valence-corrected chi connectivity index (χ3v) is 6.19. The lowest BCUT2D eigenvalue weighted by Crippen LogP contribution is -2.28. The maximum atomic E-state index is 12.7. The largest absolute Gasteiger partial charge is 0.482 e. The van der Waals surface area contributed by atoms with Gasteiger partial charge in [0.25, 0.3) is 0 Å². The third-order valence-electron chi connectivity index (χ3n) is 5.26. The summed E-state index contributed by atoms with van der Waals surface area (Å²) in [7, 11) is 1.79. The summed E-state index contributed by atoms with van der Waals surface area (Å²) in [6.07, 6.45) is -0.276. The van der Waals surface area contributed by atoms with E-state index in [0.29, 0.717) is 5.92 Å². The van der Waals surface area contributed by atoms with Gasteiger partial charge in [-0.2, -0.15) is 0 Å². The molecule has 1 unspecified atom stereocenters. The minimum absolute atomic E-state index is 0.0104. The van der Waals surface area contributed by atoms with Crippen molar-refractivity contribution in [3.05, 3.63) is 66.0 Å². The Morgan fingerprint density at radius 1 is 1.00 bits per heavy atom. The zero-order valence-electron chi connectivity index (χ0n) is 19.6. The summed E-state index contributed by atoms with van der Waals surface area (Å²) in [5.41, 5.74) is 2.04. The Bertz CT molecular complexity index is 1030. The Morgan fingerprint density at radius 2 is 1.66 bits per heavy atom. The van der Waals surface area contributed by atoms with Crippen molar-refractivity contribution in [2.24, 2.45) is 0 Å². The van der Waals surface area contributed by atoms with Crippen molar-refractivity contribution in [3.8, 4) is 5.75 Å². The summed E-state index contributed by atoms with van der Waals surface area (Å²) < 4.78 is 8.37. The molecule has 0 radical (unpaired) electrons. The first-order valence-electron chi connectivity index (χ1n) is 10.9. The number of hydrogen-bond donors (Lipinski definition) is 0. The van der Waals surface area contributed by atoms with E-state index in [1.54, 1.807) is 11.9 Å². The molecule has 0 spiro atoms. The van der Waals surface area contributed by atoms with Crippen molar-refractivity contribution in [2.45, 2.75) is 57.8 Å². The van der Waals surface area contributed by atoms with Crippen LogP contribution < -0.4 is 9.64 Å². The Kier molecular flexibility index (Phi) is 7.96. The van der Waals surface area contributed by atoms with Crippen molar-refractivity contribution in [2.75, 3.05) is 17.7 Å². The van der Waals surface area contributed by atoms with Crippen LogP contribution in [0.1, 0.15) is 64.1 Å². The monoisotopic (exact) mass is 452 g/mol. The van der Waals surface area contributed by atoms with E-state index in [9.17, 15) is 4.79 Å². The molecule has 1 amide bonds. The van der Waals surface area contributed by atoms with Gasteiger partial charge in [0, 0.05) is 18.8 Å². The van der Waals surface area contributed by atoms with Gasteiger partial charge in [-0.05, 0) is 50.5 Å². The van der Waals surface area contributed by atoms with Crippen LogP contribution in [0.15, 0.2) is 59.8 Å². The van der Waals surface area contributed by atoms with Crippen LogP contribution in [-0.4, -0.2) is 33.5 Å². The van der Waals surface area contributed by atoms with Crippen LogP contribution in [0.25, 0.3) is 0 Å². The molecule has 3 rings (SSSR count). The van der Waals surface area contributed by atoms with Gasteiger partial charge < -0.3 is 14.2 Å². The molecule has 170 valence electrons. The maximum Gasteiger partial charge on any atom is 0.237 e. The molecule has 32 heavy (non-hydrogen) atoms. The van der Waals surface area contributed by atoms with Crippen LogP contribution in [0.2, 0.25) is 0 Å². The average molecular weight is 453 g/mol. The lowest BCUT2D eigenvalue weighted by atomic mass is 10.0. The average Bonchev–Trinajstić information content (AvgIpc) is 3.22. The summed E-state index contributed by atoms with van der Waals surface area (Å²) in [6, 6.07) is 17.9. The molecule has 0 saturated carbocycles. The SMILES string of the molecule is CC(C)c1ccccc1OC(C)c1nnc(SCC(=O)N(C)c2ccccc2)n1C(C)C. The molecule has 0 fully saturated rings. The lowest BCUT2D eigenvalue weighted by molar-refractivity contribution is -0.115. The van der Waals surface area contributed by atoms with E-state index in [0.717, 1.165) is 22.4 Å². The number of carbonyl (C=O) groups is 1. The first-order valence-corrected chi connectivity index (χ1v) is 11.9. The van der Waals surface area contributed by atoms with E-state index in [1.165, 1.54) is 17.3 Å². The fraction of sp³-hybridized carbons (Fsp3) is 0.400. The van der Waals surface area contributed by atoms with E-state index >= 15 is 0 Å².